The molecule has 0 aromatic heterocycles. The number of piperazine rings is 1. The van der Waals surface area contributed by atoms with Crippen molar-refractivity contribution in [1.29, 1.82) is 0 Å². The number of aryl methyl sites for hydroxylation is 1. The fourth-order valence-electron chi connectivity index (χ4n) is 4.31. The van der Waals surface area contributed by atoms with Gasteiger partial charge in [0, 0.05) is 43.3 Å². The van der Waals surface area contributed by atoms with E-state index in [2.05, 4.69) is 17.1 Å². The van der Waals surface area contributed by atoms with E-state index in [1.54, 1.807) is 0 Å². The monoisotopic (exact) mass is 421 g/mol. The third-order valence-corrected chi connectivity index (χ3v) is 6.68. The first kappa shape index (κ1) is 21.4. The molecule has 0 saturated carbocycles. The Balaban J connectivity index is 1.34. The van der Waals surface area contributed by atoms with Crippen LogP contribution in [0.15, 0.2) is 36.4 Å². The van der Waals surface area contributed by atoms with Crippen LogP contribution in [0.5, 0.6) is 5.75 Å². The quantitative estimate of drug-likeness (QED) is 0.820. The predicted molar refractivity (Wildman–Crippen MR) is 122 cm³/mol. The van der Waals surface area contributed by atoms with Gasteiger partial charge < -0.3 is 15.0 Å². The molecular weight excluding hydrogens is 390 g/mol. The maximum atomic E-state index is 13.2. The number of nitrogens with one attached hydrogen (secondary N) is 1. The van der Waals surface area contributed by atoms with Crippen molar-refractivity contribution in [2.24, 2.45) is 0 Å². The third-order valence-electron chi connectivity index (χ3n) is 6.68. The molecule has 2 unspecified atom stereocenters. The van der Waals surface area contributed by atoms with Crippen LogP contribution in [-0.2, 0) is 4.79 Å². The minimum absolute atomic E-state index is 0.0117. The lowest BCUT2D eigenvalue weighted by Crippen LogP contribution is -2.50. The van der Waals surface area contributed by atoms with Gasteiger partial charge in [-0.25, -0.2) is 0 Å². The molecule has 6 heteroatoms. The van der Waals surface area contributed by atoms with Crippen LogP contribution in [0.4, 0.5) is 5.69 Å². The zero-order chi connectivity index (χ0) is 22.1. The van der Waals surface area contributed by atoms with E-state index < -0.39 is 0 Å². The minimum Gasteiger partial charge on any atom is -0.489 e. The van der Waals surface area contributed by atoms with E-state index >= 15 is 0 Å². The molecule has 2 aliphatic rings. The van der Waals surface area contributed by atoms with E-state index in [0.29, 0.717) is 38.3 Å². The van der Waals surface area contributed by atoms with Crippen LogP contribution in [-0.4, -0.2) is 60.4 Å². The van der Waals surface area contributed by atoms with Crippen molar-refractivity contribution in [3.05, 3.63) is 58.7 Å². The Morgan fingerprint density at radius 1 is 1.03 bits per heavy atom. The van der Waals surface area contributed by atoms with Crippen LogP contribution in [0, 0.1) is 13.8 Å². The maximum absolute atomic E-state index is 13.2. The first-order valence-corrected chi connectivity index (χ1v) is 11.0. The van der Waals surface area contributed by atoms with Crippen LogP contribution in [0.1, 0.15) is 46.8 Å². The first-order chi connectivity index (χ1) is 14.8. The Labute approximate surface area is 184 Å². The molecule has 31 heavy (non-hydrogen) atoms. The molecule has 0 radical (unpaired) electrons. The summed E-state index contributed by atoms with van der Waals surface area (Å²) in [5, 5.41) is 3.02. The van der Waals surface area contributed by atoms with Crippen molar-refractivity contribution < 1.29 is 14.3 Å². The Hall–Kier alpha value is -2.86. The van der Waals surface area contributed by atoms with Gasteiger partial charge in [-0.15, -0.1) is 0 Å². The summed E-state index contributed by atoms with van der Waals surface area (Å²) in [6.07, 6.45) is 0.0800. The molecule has 1 N–H and O–H groups in total. The molecule has 0 bridgehead atoms. The summed E-state index contributed by atoms with van der Waals surface area (Å²) >= 11 is 0. The number of carbonyl (C=O) groups is 2. The van der Waals surface area contributed by atoms with Crippen molar-refractivity contribution in [3.63, 3.8) is 0 Å². The summed E-state index contributed by atoms with van der Waals surface area (Å²) in [5.74, 6) is 1.02. The van der Waals surface area contributed by atoms with Crippen molar-refractivity contribution in [3.8, 4) is 5.75 Å². The van der Waals surface area contributed by atoms with E-state index in [9.17, 15) is 9.59 Å². The zero-order valence-corrected chi connectivity index (χ0v) is 18.8. The number of anilines is 1. The molecule has 0 aliphatic carbocycles. The van der Waals surface area contributed by atoms with E-state index in [-0.39, 0.29) is 23.8 Å². The highest BCUT2D eigenvalue weighted by molar-refractivity contribution is 5.98. The van der Waals surface area contributed by atoms with Gasteiger partial charge in [0.1, 0.15) is 11.9 Å². The van der Waals surface area contributed by atoms with Gasteiger partial charge in [-0.3, -0.25) is 14.5 Å². The van der Waals surface area contributed by atoms with Gasteiger partial charge in [0.05, 0.1) is 12.1 Å². The van der Waals surface area contributed by atoms with Gasteiger partial charge in [0.2, 0.25) is 5.91 Å². The second kappa shape index (κ2) is 8.71. The highest BCUT2D eigenvalue weighted by atomic mass is 16.5. The average Bonchev–Trinajstić information content (AvgIpc) is 3.05. The molecule has 6 nitrogen and oxygen atoms in total. The summed E-state index contributed by atoms with van der Waals surface area (Å²) < 4.78 is 6.00. The predicted octanol–water partition coefficient (Wildman–Crippen LogP) is 3.58. The molecule has 2 aromatic carbocycles. The van der Waals surface area contributed by atoms with Crippen LogP contribution in [0.3, 0.4) is 0 Å². The summed E-state index contributed by atoms with van der Waals surface area (Å²) in [6.45, 7) is 11.1. The van der Waals surface area contributed by atoms with Crippen molar-refractivity contribution in [1.82, 2.24) is 9.80 Å². The molecule has 1 saturated heterocycles. The van der Waals surface area contributed by atoms with Crippen molar-refractivity contribution in [2.75, 3.05) is 38.0 Å². The Kier molecular flexibility index (Phi) is 6.01. The fraction of sp³-hybridized carbons (Fsp3) is 0.440. The van der Waals surface area contributed by atoms with E-state index in [4.69, 9.17) is 4.74 Å². The molecule has 0 spiro atoms. The average molecular weight is 422 g/mol. The van der Waals surface area contributed by atoms with Gasteiger partial charge in [-0.05, 0) is 44.0 Å². The number of fused-ring (bicyclic) bond motifs is 1. The first-order valence-electron chi connectivity index (χ1n) is 11.0. The molecule has 2 amide bonds. The standard InChI is InChI=1S/C25H31N3O3/c1-16-7-5-10-22(17(16)2)26-23(29)15-27-11-13-28(14-12-27)25(30)21-9-6-8-20-18(3)19(4)31-24(20)21/h5-10,18-19H,11-15H2,1-4H3,(H,26,29). The fourth-order valence-corrected chi connectivity index (χ4v) is 4.31. The largest absolute Gasteiger partial charge is 0.489 e. The lowest BCUT2D eigenvalue weighted by Gasteiger charge is -2.34. The maximum Gasteiger partial charge on any atom is 0.257 e. The summed E-state index contributed by atoms with van der Waals surface area (Å²) in [5.41, 5.74) is 4.87. The number of amides is 2. The van der Waals surface area contributed by atoms with Gasteiger partial charge in [-0.2, -0.15) is 0 Å². The number of hydrogen-bond acceptors (Lipinski definition) is 4. The number of ether oxygens (including phenoxy) is 1. The summed E-state index contributed by atoms with van der Waals surface area (Å²) in [7, 11) is 0. The summed E-state index contributed by atoms with van der Waals surface area (Å²) in [4.78, 5) is 29.6. The van der Waals surface area contributed by atoms with Gasteiger partial charge in [-0.1, -0.05) is 31.2 Å². The molecular formula is C25H31N3O3. The topological polar surface area (TPSA) is 61.9 Å². The molecule has 2 aliphatic heterocycles. The van der Waals surface area contributed by atoms with Crippen LogP contribution >= 0.6 is 0 Å². The van der Waals surface area contributed by atoms with Gasteiger partial charge in [0.25, 0.3) is 5.91 Å². The number of rotatable bonds is 4. The number of benzene rings is 2. The highest BCUT2D eigenvalue weighted by Crippen LogP contribution is 2.40. The van der Waals surface area contributed by atoms with Gasteiger partial charge in [0.15, 0.2) is 0 Å². The number of nitrogens with zero attached hydrogens (tertiary/aromatic N) is 2. The molecule has 2 heterocycles. The second-order valence-electron chi connectivity index (χ2n) is 8.70. The highest BCUT2D eigenvalue weighted by Gasteiger charge is 2.33. The van der Waals surface area contributed by atoms with E-state index in [1.807, 2.05) is 62.1 Å². The Morgan fingerprint density at radius 3 is 2.48 bits per heavy atom. The smallest absolute Gasteiger partial charge is 0.257 e. The lowest BCUT2D eigenvalue weighted by atomic mass is 9.96. The minimum atomic E-state index is -0.0225. The number of para-hydroxylation sites is 1. The van der Waals surface area contributed by atoms with Crippen molar-refractivity contribution >= 4 is 17.5 Å². The van der Waals surface area contributed by atoms with E-state index in [1.165, 1.54) is 0 Å². The Bertz CT molecular complexity index is 996. The van der Waals surface area contributed by atoms with Gasteiger partial charge >= 0.3 is 0 Å². The normalized spacial score (nSPS) is 20.8. The van der Waals surface area contributed by atoms with Crippen molar-refractivity contribution in [2.45, 2.75) is 39.7 Å². The molecule has 164 valence electrons. The van der Waals surface area contributed by atoms with Crippen LogP contribution < -0.4 is 10.1 Å². The molecule has 1 fully saturated rings. The molecule has 4 rings (SSSR count). The van der Waals surface area contributed by atoms with E-state index in [0.717, 1.165) is 28.1 Å². The zero-order valence-electron chi connectivity index (χ0n) is 18.8. The second-order valence-corrected chi connectivity index (χ2v) is 8.70. The lowest BCUT2D eigenvalue weighted by molar-refractivity contribution is -0.117. The Morgan fingerprint density at radius 2 is 1.74 bits per heavy atom. The van der Waals surface area contributed by atoms with Crippen LogP contribution in [0.25, 0.3) is 0 Å². The molecule has 2 atom stereocenters. The molecule has 2 aromatic rings. The SMILES string of the molecule is Cc1cccc(NC(=O)CN2CCN(C(=O)c3cccc4c3OC(C)C4C)CC2)c1C. The van der Waals surface area contributed by atoms with Crippen LogP contribution in [0.2, 0.25) is 0 Å². The third kappa shape index (κ3) is 4.30. The number of hydrogen-bond donors (Lipinski definition) is 1. The number of carbonyl (C=O) groups excluding carboxylic acids is 2. The summed E-state index contributed by atoms with van der Waals surface area (Å²) in [6, 6.07) is 11.8.